The molecule has 2 heterocycles. The molecular weight excluding hydrogens is 558 g/mol. The second kappa shape index (κ2) is 13.1. The molecule has 3 aromatic rings. The number of likely N-dealkylation sites (N-methyl/N-ethyl adjacent to an activating group) is 1. The van der Waals surface area contributed by atoms with E-state index in [0.29, 0.717) is 71.8 Å². The van der Waals surface area contributed by atoms with Gasteiger partial charge >= 0.3 is 5.97 Å². The zero-order valence-electron chi connectivity index (χ0n) is 25.1. The summed E-state index contributed by atoms with van der Waals surface area (Å²) in [5.41, 5.74) is 4.71. The summed E-state index contributed by atoms with van der Waals surface area (Å²) in [6, 6.07) is 19.7. The monoisotopic (exact) mass is 595 g/mol. The molecule has 0 spiro atoms. The van der Waals surface area contributed by atoms with E-state index >= 15 is 0 Å². The van der Waals surface area contributed by atoms with Gasteiger partial charge in [-0.1, -0.05) is 30.3 Å². The maximum atomic E-state index is 13.3. The Bertz CT molecular complexity index is 1610. The van der Waals surface area contributed by atoms with Crippen molar-refractivity contribution >= 4 is 46.3 Å². The highest BCUT2D eigenvalue weighted by molar-refractivity contribution is 6.37. The van der Waals surface area contributed by atoms with E-state index in [1.165, 1.54) is 6.07 Å². The van der Waals surface area contributed by atoms with Crippen LogP contribution in [0.1, 0.15) is 50.2 Å². The molecule has 0 radical (unpaired) electrons. The minimum atomic E-state index is -1.06. The summed E-state index contributed by atoms with van der Waals surface area (Å²) in [7, 11) is 3.93. The van der Waals surface area contributed by atoms with Gasteiger partial charge in [-0.25, -0.2) is 4.79 Å². The SMILES string of the molecule is Cc1cc2c(cc1C(=O)O)NC(=O)/C2=C(/Nc1ccc(C(=O)N2CCC(C(=O)NCCN(C)C)CC2)cc1)c1ccccc1. The lowest BCUT2D eigenvalue weighted by Crippen LogP contribution is -2.44. The summed E-state index contributed by atoms with van der Waals surface area (Å²) in [6.07, 6.45) is 1.26. The fraction of sp³-hybridized carbons (Fsp3) is 0.294. The number of carbonyl (C=O) groups excluding carboxylic acids is 3. The number of anilines is 2. The van der Waals surface area contributed by atoms with Crippen LogP contribution in [0.15, 0.2) is 66.7 Å². The van der Waals surface area contributed by atoms with Crippen molar-refractivity contribution in [3.05, 3.63) is 94.5 Å². The minimum Gasteiger partial charge on any atom is -0.478 e. The van der Waals surface area contributed by atoms with Crippen molar-refractivity contribution in [3.8, 4) is 0 Å². The molecule has 10 heteroatoms. The Morgan fingerprint density at radius 2 is 1.66 bits per heavy atom. The zero-order chi connectivity index (χ0) is 31.4. The quantitative estimate of drug-likeness (QED) is 0.273. The van der Waals surface area contributed by atoms with Crippen LogP contribution in [0.4, 0.5) is 11.4 Å². The van der Waals surface area contributed by atoms with E-state index in [0.717, 1.165) is 12.1 Å². The van der Waals surface area contributed by atoms with E-state index in [2.05, 4.69) is 16.0 Å². The van der Waals surface area contributed by atoms with Crippen LogP contribution in [0.2, 0.25) is 0 Å². The molecule has 2 aliphatic rings. The van der Waals surface area contributed by atoms with Gasteiger partial charge in [0, 0.05) is 48.9 Å². The Morgan fingerprint density at radius 3 is 2.30 bits per heavy atom. The van der Waals surface area contributed by atoms with Gasteiger partial charge in [-0.2, -0.15) is 0 Å². The van der Waals surface area contributed by atoms with Gasteiger partial charge in [-0.05, 0) is 81.4 Å². The van der Waals surface area contributed by atoms with Crippen LogP contribution in [-0.4, -0.2) is 78.9 Å². The molecule has 4 N–H and O–H groups in total. The largest absolute Gasteiger partial charge is 0.478 e. The number of aromatic carboxylic acids is 1. The number of aryl methyl sites for hydroxylation is 1. The fourth-order valence-corrected chi connectivity index (χ4v) is 5.60. The highest BCUT2D eigenvalue weighted by atomic mass is 16.4. The van der Waals surface area contributed by atoms with Gasteiger partial charge < -0.3 is 30.9 Å². The third-order valence-corrected chi connectivity index (χ3v) is 8.06. The lowest BCUT2D eigenvalue weighted by molar-refractivity contribution is -0.126. The predicted molar refractivity (Wildman–Crippen MR) is 170 cm³/mol. The Labute approximate surface area is 256 Å². The first-order valence-electron chi connectivity index (χ1n) is 14.7. The maximum absolute atomic E-state index is 13.3. The van der Waals surface area contributed by atoms with Crippen LogP contribution >= 0.6 is 0 Å². The second-order valence-corrected chi connectivity index (χ2v) is 11.5. The molecule has 1 saturated heterocycles. The van der Waals surface area contributed by atoms with Gasteiger partial charge in [0.2, 0.25) is 5.91 Å². The molecule has 1 fully saturated rings. The highest BCUT2D eigenvalue weighted by Crippen LogP contribution is 2.39. The lowest BCUT2D eigenvalue weighted by Gasteiger charge is -2.31. The Morgan fingerprint density at radius 1 is 0.977 bits per heavy atom. The number of hydrogen-bond acceptors (Lipinski definition) is 6. The third kappa shape index (κ3) is 6.65. The molecule has 0 aliphatic carbocycles. The normalized spacial score (nSPS) is 15.9. The zero-order valence-corrected chi connectivity index (χ0v) is 25.1. The van der Waals surface area contributed by atoms with Gasteiger partial charge in [0.25, 0.3) is 11.8 Å². The molecule has 2 aliphatic heterocycles. The van der Waals surface area contributed by atoms with E-state index in [-0.39, 0.29) is 29.2 Å². The van der Waals surface area contributed by atoms with E-state index in [9.17, 15) is 24.3 Å². The average Bonchev–Trinajstić information content (AvgIpc) is 3.33. The number of amides is 3. The van der Waals surface area contributed by atoms with Crippen molar-refractivity contribution in [1.82, 2.24) is 15.1 Å². The topological polar surface area (TPSA) is 131 Å². The Hall–Kier alpha value is -4.96. The second-order valence-electron chi connectivity index (χ2n) is 11.5. The summed E-state index contributed by atoms with van der Waals surface area (Å²) in [6.45, 7) is 4.14. The molecule has 3 aromatic carbocycles. The van der Waals surface area contributed by atoms with Crippen LogP contribution in [0.3, 0.4) is 0 Å². The smallest absolute Gasteiger partial charge is 0.336 e. The predicted octanol–water partition coefficient (Wildman–Crippen LogP) is 4.16. The van der Waals surface area contributed by atoms with Crippen LogP contribution in [0.25, 0.3) is 11.3 Å². The molecule has 228 valence electrons. The molecule has 0 bridgehead atoms. The van der Waals surface area contributed by atoms with Crippen molar-refractivity contribution < 1.29 is 24.3 Å². The number of nitrogens with one attached hydrogen (secondary N) is 3. The van der Waals surface area contributed by atoms with Gasteiger partial charge in [0.15, 0.2) is 0 Å². The average molecular weight is 596 g/mol. The molecule has 0 aromatic heterocycles. The van der Waals surface area contributed by atoms with E-state index in [1.54, 1.807) is 42.2 Å². The first kappa shape index (κ1) is 30.5. The van der Waals surface area contributed by atoms with Gasteiger partial charge in [0.05, 0.1) is 22.5 Å². The maximum Gasteiger partial charge on any atom is 0.336 e. The number of piperidine rings is 1. The number of rotatable bonds is 9. The number of nitrogens with zero attached hydrogens (tertiary/aromatic N) is 2. The number of benzene rings is 3. The molecule has 0 unspecified atom stereocenters. The number of carboxylic acids is 1. The van der Waals surface area contributed by atoms with Gasteiger partial charge in [0.1, 0.15) is 0 Å². The van der Waals surface area contributed by atoms with E-state index in [4.69, 9.17) is 0 Å². The molecule has 10 nitrogen and oxygen atoms in total. The Kier molecular flexibility index (Phi) is 9.10. The number of carbonyl (C=O) groups is 4. The number of hydrogen-bond donors (Lipinski definition) is 4. The number of carboxylic acid groups (broad SMARTS) is 1. The summed E-state index contributed by atoms with van der Waals surface area (Å²) in [5.74, 6) is -1.52. The Balaban J connectivity index is 1.33. The molecule has 5 rings (SSSR count). The van der Waals surface area contributed by atoms with Crippen molar-refractivity contribution in [3.63, 3.8) is 0 Å². The summed E-state index contributed by atoms with van der Waals surface area (Å²) >= 11 is 0. The number of likely N-dealkylation sites (tertiary alicyclic amines) is 1. The van der Waals surface area contributed by atoms with Crippen LogP contribution in [0, 0.1) is 12.8 Å². The number of fused-ring (bicyclic) bond motifs is 1. The lowest BCUT2D eigenvalue weighted by atomic mass is 9.95. The van der Waals surface area contributed by atoms with Crippen LogP contribution in [-0.2, 0) is 9.59 Å². The molecule has 3 amide bonds. The highest BCUT2D eigenvalue weighted by Gasteiger charge is 2.31. The van der Waals surface area contributed by atoms with Gasteiger partial charge in [-0.15, -0.1) is 0 Å². The van der Waals surface area contributed by atoms with Crippen molar-refractivity contribution in [2.75, 3.05) is 50.9 Å². The molecule has 44 heavy (non-hydrogen) atoms. The summed E-state index contributed by atoms with van der Waals surface area (Å²) in [4.78, 5) is 54.5. The van der Waals surface area contributed by atoms with E-state index < -0.39 is 5.97 Å². The van der Waals surface area contributed by atoms with Crippen LogP contribution in [0.5, 0.6) is 0 Å². The molecule has 0 saturated carbocycles. The summed E-state index contributed by atoms with van der Waals surface area (Å²) < 4.78 is 0. The third-order valence-electron chi connectivity index (χ3n) is 8.06. The fourth-order valence-electron chi connectivity index (χ4n) is 5.60. The standard InChI is InChI=1S/C34H37N5O5/c1-21-19-27-28(20-26(21)34(43)44)37-32(41)29(27)30(22-7-5-4-6-8-22)36-25-11-9-24(10-12-25)33(42)39-16-13-23(14-17-39)31(40)35-15-18-38(2)3/h4-12,19-20,23,36H,13-18H2,1-3H3,(H,35,40)(H,37,41)(H,43,44)/b30-29+. The first-order valence-corrected chi connectivity index (χ1v) is 14.7. The summed E-state index contributed by atoms with van der Waals surface area (Å²) in [5, 5.41) is 18.7. The van der Waals surface area contributed by atoms with Gasteiger partial charge in [-0.3, -0.25) is 14.4 Å². The minimum absolute atomic E-state index is 0.0498. The van der Waals surface area contributed by atoms with Crippen molar-refractivity contribution in [1.29, 1.82) is 0 Å². The van der Waals surface area contributed by atoms with Crippen molar-refractivity contribution in [2.24, 2.45) is 5.92 Å². The van der Waals surface area contributed by atoms with E-state index in [1.807, 2.05) is 49.3 Å². The van der Waals surface area contributed by atoms with Crippen LogP contribution < -0.4 is 16.0 Å². The molecule has 0 atom stereocenters. The van der Waals surface area contributed by atoms with Crippen molar-refractivity contribution in [2.45, 2.75) is 19.8 Å². The molecular formula is C34H37N5O5. The first-order chi connectivity index (χ1) is 21.1.